The van der Waals surface area contributed by atoms with Gasteiger partial charge in [0.1, 0.15) is 5.01 Å². The van der Waals surface area contributed by atoms with Gasteiger partial charge in [-0.25, -0.2) is 4.79 Å². The number of anilines is 1. The van der Waals surface area contributed by atoms with Crippen LogP contribution in [-0.2, 0) is 6.54 Å². The minimum absolute atomic E-state index is 0.351. The number of nitrogens with zero attached hydrogens (tertiary/aromatic N) is 3. The number of carbonyl (C=O) groups excluding carboxylic acids is 1. The van der Waals surface area contributed by atoms with E-state index < -0.39 is 0 Å². The molecular formula is C22H17Cl2N5OS. The summed E-state index contributed by atoms with van der Waals surface area (Å²) >= 11 is 13.4. The van der Waals surface area contributed by atoms with Crippen molar-refractivity contribution in [2.24, 2.45) is 0 Å². The Bertz CT molecular complexity index is 1290. The number of hydrogen-bond donors (Lipinski definition) is 2. The molecule has 0 aliphatic rings. The minimum atomic E-state index is -0.367. The van der Waals surface area contributed by atoms with Gasteiger partial charge in [0, 0.05) is 33.7 Å². The summed E-state index contributed by atoms with van der Waals surface area (Å²) in [5.74, 6) is 0. The van der Waals surface area contributed by atoms with Gasteiger partial charge in [0.2, 0.25) is 5.13 Å². The van der Waals surface area contributed by atoms with Crippen molar-refractivity contribution in [2.75, 3.05) is 5.32 Å². The normalized spacial score (nSPS) is 11.5. The first-order chi connectivity index (χ1) is 15.0. The molecule has 156 valence electrons. The Morgan fingerprint density at radius 2 is 1.94 bits per heavy atom. The number of pyridine rings is 1. The zero-order chi connectivity index (χ0) is 21.8. The van der Waals surface area contributed by atoms with Crippen LogP contribution in [0.5, 0.6) is 0 Å². The monoisotopic (exact) mass is 469 g/mol. The molecule has 0 saturated carbocycles. The van der Waals surface area contributed by atoms with E-state index in [9.17, 15) is 4.79 Å². The molecule has 2 heterocycles. The van der Waals surface area contributed by atoms with Gasteiger partial charge in [-0.3, -0.25) is 10.3 Å². The molecule has 0 atom stereocenters. The highest BCUT2D eigenvalue weighted by molar-refractivity contribution is 7.16. The maximum absolute atomic E-state index is 12.2. The Labute approximate surface area is 192 Å². The van der Waals surface area contributed by atoms with Crippen LogP contribution in [0.15, 0.2) is 60.8 Å². The van der Waals surface area contributed by atoms with E-state index in [1.165, 1.54) is 11.3 Å². The predicted octanol–water partition coefficient (Wildman–Crippen LogP) is 6.17. The number of nitrogens with one attached hydrogen (secondary N) is 2. The highest BCUT2D eigenvalue weighted by atomic mass is 35.5. The second kappa shape index (κ2) is 9.43. The van der Waals surface area contributed by atoms with Gasteiger partial charge in [0.15, 0.2) is 0 Å². The number of rotatable bonds is 5. The first kappa shape index (κ1) is 21.2. The average molecular weight is 470 g/mol. The molecule has 9 heteroatoms. The smallest absolute Gasteiger partial charge is 0.321 e. The van der Waals surface area contributed by atoms with E-state index in [-0.39, 0.29) is 6.03 Å². The molecule has 4 aromatic rings. The second-order valence-corrected chi connectivity index (χ2v) is 8.42. The molecule has 0 bridgehead atoms. The molecule has 0 unspecified atom stereocenters. The van der Waals surface area contributed by atoms with Crippen molar-refractivity contribution >= 4 is 62.2 Å². The van der Waals surface area contributed by atoms with Crippen molar-refractivity contribution in [3.63, 3.8) is 0 Å². The number of benzene rings is 2. The minimum Gasteiger partial charge on any atom is -0.334 e. The fraction of sp³-hybridized carbons (Fsp3) is 0.0909. The van der Waals surface area contributed by atoms with Gasteiger partial charge >= 0.3 is 6.03 Å². The van der Waals surface area contributed by atoms with E-state index in [0.29, 0.717) is 26.7 Å². The highest BCUT2D eigenvalue weighted by Crippen LogP contribution is 2.32. The number of carbonyl (C=O) groups is 1. The molecule has 0 radical (unpaired) electrons. The largest absolute Gasteiger partial charge is 0.334 e. The van der Waals surface area contributed by atoms with Crippen LogP contribution in [0.2, 0.25) is 10.0 Å². The van der Waals surface area contributed by atoms with Crippen LogP contribution in [0.3, 0.4) is 0 Å². The van der Waals surface area contributed by atoms with Crippen LogP contribution >= 0.6 is 34.5 Å². The number of urea groups is 1. The van der Waals surface area contributed by atoms with Crippen LogP contribution < -0.4 is 10.6 Å². The van der Waals surface area contributed by atoms with E-state index in [1.54, 1.807) is 18.3 Å². The molecule has 0 aliphatic carbocycles. The summed E-state index contributed by atoms with van der Waals surface area (Å²) in [6.07, 6.45) is 3.70. The Morgan fingerprint density at radius 1 is 1.10 bits per heavy atom. The number of amides is 2. The van der Waals surface area contributed by atoms with Crippen LogP contribution in [-0.4, -0.2) is 21.2 Å². The summed E-state index contributed by atoms with van der Waals surface area (Å²) in [5, 5.41) is 17.2. The summed E-state index contributed by atoms with van der Waals surface area (Å²) in [7, 11) is 0. The topological polar surface area (TPSA) is 79.8 Å². The molecule has 2 N–H and O–H groups in total. The van der Waals surface area contributed by atoms with Crippen molar-refractivity contribution in [2.45, 2.75) is 13.5 Å². The van der Waals surface area contributed by atoms with Gasteiger partial charge in [-0.2, -0.15) is 0 Å². The molecule has 0 fully saturated rings. The first-order valence-electron chi connectivity index (χ1n) is 9.37. The van der Waals surface area contributed by atoms with E-state index in [1.807, 2.05) is 49.4 Å². The van der Waals surface area contributed by atoms with Gasteiger partial charge in [0.05, 0.1) is 5.52 Å². The van der Waals surface area contributed by atoms with Crippen LogP contribution in [0.4, 0.5) is 9.93 Å². The zero-order valence-corrected chi connectivity index (χ0v) is 18.7. The van der Waals surface area contributed by atoms with Crippen LogP contribution in [0, 0.1) is 0 Å². The molecule has 4 rings (SSSR count). The lowest BCUT2D eigenvalue weighted by Gasteiger charge is -2.08. The van der Waals surface area contributed by atoms with Crippen molar-refractivity contribution in [1.82, 2.24) is 20.5 Å². The number of allylic oxidation sites excluding steroid dienone is 1. The van der Waals surface area contributed by atoms with Gasteiger partial charge in [-0.05, 0) is 48.4 Å². The summed E-state index contributed by atoms with van der Waals surface area (Å²) < 4.78 is 0. The third-order valence-corrected chi connectivity index (χ3v) is 5.84. The van der Waals surface area contributed by atoms with Crippen molar-refractivity contribution in [1.29, 1.82) is 0 Å². The SMILES string of the molecule is C/C=C(\c1nnc(NC(=O)NCc2cccc(Cl)c2)s1)c1ccnc2cc(Cl)ccc12. The van der Waals surface area contributed by atoms with Gasteiger partial charge in [0.25, 0.3) is 0 Å². The van der Waals surface area contributed by atoms with E-state index in [4.69, 9.17) is 23.2 Å². The van der Waals surface area contributed by atoms with Crippen molar-refractivity contribution < 1.29 is 4.79 Å². The average Bonchev–Trinajstić information content (AvgIpc) is 3.21. The third kappa shape index (κ3) is 5.02. The lowest BCUT2D eigenvalue weighted by molar-refractivity contribution is 0.251. The molecule has 2 amide bonds. The van der Waals surface area contributed by atoms with Gasteiger partial charge in [-0.1, -0.05) is 58.8 Å². The van der Waals surface area contributed by atoms with Gasteiger partial charge in [-0.15, -0.1) is 10.2 Å². The van der Waals surface area contributed by atoms with Crippen molar-refractivity contribution in [3.8, 4) is 0 Å². The fourth-order valence-electron chi connectivity index (χ4n) is 3.10. The Balaban J connectivity index is 1.49. The molecule has 2 aromatic carbocycles. The summed E-state index contributed by atoms with van der Waals surface area (Å²) in [4.78, 5) is 16.6. The quantitative estimate of drug-likeness (QED) is 0.366. The molecule has 31 heavy (non-hydrogen) atoms. The summed E-state index contributed by atoms with van der Waals surface area (Å²) in [6, 6.07) is 14.5. The first-order valence-corrected chi connectivity index (χ1v) is 10.9. The lowest BCUT2D eigenvalue weighted by atomic mass is 10.0. The molecule has 0 spiro atoms. The Morgan fingerprint density at radius 3 is 2.74 bits per heavy atom. The highest BCUT2D eigenvalue weighted by Gasteiger charge is 2.15. The number of halogens is 2. The Kier molecular flexibility index (Phi) is 6.46. The third-order valence-electron chi connectivity index (χ3n) is 4.50. The molecule has 0 saturated heterocycles. The van der Waals surface area contributed by atoms with E-state index >= 15 is 0 Å². The molecule has 2 aromatic heterocycles. The van der Waals surface area contributed by atoms with Crippen LogP contribution in [0.25, 0.3) is 16.5 Å². The number of hydrogen-bond acceptors (Lipinski definition) is 5. The predicted molar refractivity (Wildman–Crippen MR) is 127 cm³/mol. The molecule has 6 nitrogen and oxygen atoms in total. The summed E-state index contributed by atoms with van der Waals surface area (Å²) in [5.41, 5.74) is 3.57. The number of fused-ring (bicyclic) bond motifs is 1. The van der Waals surface area contributed by atoms with Crippen molar-refractivity contribution in [3.05, 3.63) is 87.0 Å². The van der Waals surface area contributed by atoms with E-state index in [0.717, 1.165) is 27.6 Å². The zero-order valence-electron chi connectivity index (χ0n) is 16.4. The van der Waals surface area contributed by atoms with Crippen LogP contribution in [0.1, 0.15) is 23.1 Å². The standard InChI is InChI=1S/C22H17Cl2N5OS/c1-2-16(17-8-9-25-19-11-15(24)6-7-18(17)19)20-28-29-22(31-20)27-21(30)26-12-13-4-3-5-14(23)10-13/h2-11H,12H2,1H3,(H2,26,27,29,30)/b16-2-. The fourth-order valence-corrected chi connectivity index (χ4v) is 4.31. The maximum Gasteiger partial charge on any atom is 0.321 e. The summed E-state index contributed by atoms with van der Waals surface area (Å²) in [6.45, 7) is 2.29. The number of aromatic nitrogens is 3. The molecule has 0 aliphatic heterocycles. The lowest BCUT2D eigenvalue weighted by Crippen LogP contribution is -2.28. The van der Waals surface area contributed by atoms with E-state index in [2.05, 4.69) is 25.8 Å². The van der Waals surface area contributed by atoms with Gasteiger partial charge < -0.3 is 5.32 Å². The Hall–Kier alpha value is -3.00. The molecular weight excluding hydrogens is 453 g/mol. The second-order valence-electron chi connectivity index (χ2n) is 6.57. The maximum atomic E-state index is 12.2.